The van der Waals surface area contributed by atoms with Gasteiger partial charge in [-0.25, -0.2) is 8.42 Å². The van der Waals surface area contributed by atoms with Gasteiger partial charge in [0.15, 0.2) is 0 Å². The van der Waals surface area contributed by atoms with Gasteiger partial charge < -0.3 is 10.1 Å². The highest BCUT2D eigenvalue weighted by Crippen LogP contribution is 2.22. The summed E-state index contributed by atoms with van der Waals surface area (Å²) in [5.41, 5.74) is 2.79. The second kappa shape index (κ2) is 9.73. The average molecular weight is 431 g/mol. The first-order chi connectivity index (χ1) is 14.3. The number of hydrogen-bond acceptors (Lipinski definition) is 4. The predicted molar refractivity (Wildman–Crippen MR) is 118 cm³/mol. The number of nitrogens with one attached hydrogen (secondary N) is 1. The molecule has 0 aromatic heterocycles. The molecule has 30 heavy (non-hydrogen) atoms. The van der Waals surface area contributed by atoms with Gasteiger partial charge in [-0.05, 0) is 54.7 Å². The topological polar surface area (TPSA) is 75.7 Å². The van der Waals surface area contributed by atoms with Gasteiger partial charge >= 0.3 is 0 Å². The third-order valence-electron chi connectivity index (χ3n) is 5.25. The summed E-state index contributed by atoms with van der Waals surface area (Å²) in [6.45, 7) is 7.75. The fourth-order valence-electron chi connectivity index (χ4n) is 3.46. The van der Waals surface area contributed by atoms with Crippen LogP contribution >= 0.6 is 0 Å². The van der Waals surface area contributed by atoms with Crippen molar-refractivity contribution in [1.29, 1.82) is 0 Å². The first-order valence-electron chi connectivity index (χ1n) is 10.3. The molecule has 162 valence electrons. The van der Waals surface area contributed by atoms with E-state index in [2.05, 4.69) is 31.3 Å². The summed E-state index contributed by atoms with van der Waals surface area (Å²) in [4.78, 5) is 12.9. The predicted octanol–water partition coefficient (Wildman–Crippen LogP) is 3.65. The molecule has 7 heteroatoms. The van der Waals surface area contributed by atoms with Crippen LogP contribution in [0, 0.1) is 5.92 Å². The second-order valence-corrected chi connectivity index (χ2v) is 10.0. The van der Waals surface area contributed by atoms with Gasteiger partial charge in [-0.15, -0.1) is 0 Å². The number of ether oxygens (including phenoxy) is 1. The Morgan fingerprint density at radius 3 is 2.17 bits per heavy atom. The monoisotopic (exact) mass is 430 g/mol. The van der Waals surface area contributed by atoms with Crippen molar-refractivity contribution in [1.82, 2.24) is 4.31 Å². The van der Waals surface area contributed by atoms with Crippen LogP contribution in [-0.4, -0.2) is 44.9 Å². The van der Waals surface area contributed by atoms with Crippen molar-refractivity contribution in [2.45, 2.75) is 38.0 Å². The summed E-state index contributed by atoms with van der Waals surface area (Å²) in [7, 11) is -3.54. The van der Waals surface area contributed by atoms with Gasteiger partial charge in [0, 0.05) is 18.8 Å². The van der Waals surface area contributed by atoms with Crippen LogP contribution in [0.5, 0.6) is 0 Å². The van der Waals surface area contributed by atoms with Crippen molar-refractivity contribution < 1.29 is 17.9 Å². The van der Waals surface area contributed by atoms with Crippen LogP contribution in [-0.2, 0) is 26.0 Å². The highest BCUT2D eigenvalue weighted by atomic mass is 32.2. The molecule has 0 spiro atoms. The number of anilines is 1. The third-order valence-corrected chi connectivity index (χ3v) is 7.16. The Kier molecular flexibility index (Phi) is 7.28. The minimum Gasteiger partial charge on any atom is -0.379 e. The molecule has 1 unspecified atom stereocenters. The highest BCUT2D eigenvalue weighted by Gasteiger charge is 2.26. The molecule has 1 N–H and O–H groups in total. The number of amides is 1. The molecule has 3 rings (SSSR count). The first kappa shape index (κ1) is 22.5. The maximum Gasteiger partial charge on any atom is 0.243 e. The largest absolute Gasteiger partial charge is 0.379 e. The summed E-state index contributed by atoms with van der Waals surface area (Å²) in [6, 6.07) is 14.5. The van der Waals surface area contributed by atoms with Crippen molar-refractivity contribution in [3.63, 3.8) is 0 Å². The summed E-state index contributed by atoms with van der Waals surface area (Å²) in [5, 5.41) is 2.88. The molecule has 1 aliphatic heterocycles. The van der Waals surface area contributed by atoms with Gasteiger partial charge in [-0.1, -0.05) is 38.1 Å². The molecule has 1 atom stereocenters. The molecular weight excluding hydrogens is 400 g/mol. The van der Waals surface area contributed by atoms with Gasteiger partial charge in [0.2, 0.25) is 15.9 Å². The number of nitrogens with zero attached hydrogens (tertiary/aromatic N) is 1. The molecule has 1 fully saturated rings. The van der Waals surface area contributed by atoms with Crippen LogP contribution < -0.4 is 5.32 Å². The van der Waals surface area contributed by atoms with Crippen molar-refractivity contribution in [2.75, 3.05) is 31.6 Å². The smallest absolute Gasteiger partial charge is 0.243 e. The maximum atomic E-state index is 12.7. The van der Waals surface area contributed by atoms with E-state index in [0.717, 1.165) is 12.0 Å². The number of carbonyl (C=O) groups excluding carboxylic acids is 1. The molecule has 1 amide bonds. The Bertz CT molecular complexity index is 948. The zero-order valence-corrected chi connectivity index (χ0v) is 18.6. The Morgan fingerprint density at radius 2 is 1.60 bits per heavy atom. The Hall–Kier alpha value is -2.22. The van der Waals surface area contributed by atoms with Crippen LogP contribution in [0.3, 0.4) is 0 Å². The zero-order valence-electron chi connectivity index (χ0n) is 17.8. The lowest BCUT2D eigenvalue weighted by molar-refractivity contribution is -0.117. The summed E-state index contributed by atoms with van der Waals surface area (Å²) in [6.07, 6.45) is 1.01. The SMILES string of the molecule is CC(C)Cc1ccc(C(C)C(=O)Nc2ccc(S(=O)(=O)N3CCOCC3)cc2)cc1. The van der Waals surface area contributed by atoms with Crippen LogP contribution in [0.2, 0.25) is 0 Å². The third kappa shape index (κ3) is 5.47. The van der Waals surface area contributed by atoms with Gasteiger partial charge in [0.25, 0.3) is 0 Å². The van der Waals surface area contributed by atoms with E-state index in [-0.39, 0.29) is 16.7 Å². The van der Waals surface area contributed by atoms with E-state index in [4.69, 9.17) is 4.74 Å². The van der Waals surface area contributed by atoms with Crippen molar-refractivity contribution in [3.05, 3.63) is 59.7 Å². The van der Waals surface area contributed by atoms with Gasteiger partial charge in [0.05, 0.1) is 24.0 Å². The second-order valence-electron chi connectivity index (χ2n) is 8.09. The Balaban J connectivity index is 1.63. The normalized spacial score (nSPS) is 16.4. The summed E-state index contributed by atoms with van der Waals surface area (Å²) < 4.78 is 32.0. The standard InChI is InChI=1S/C23H30N2O4S/c1-17(2)16-19-4-6-20(7-5-19)18(3)23(26)24-21-8-10-22(11-9-21)30(27,28)25-12-14-29-15-13-25/h4-11,17-18H,12-16H2,1-3H3,(H,24,26). The minimum absolute atomic E-state index is 0.129. The molecule has 1 heterocycles. The van der Waals surface area contributed by atoms with E-state index < -0.39 is 10.0 Å². The summed E-state index contributed by atoms with van der Waals surface area (Å²) in [5.74, 6) is 0.150. The van der Waals surface area contributed by atoms with E-state index in [0.29, 0.717) is 37.9 Å². The molecule has 2 aromatic rings. The van der Waals surface area contributed by atoms with E-state index in [1.807, 2.05) is 19.1 Å². The molecule has 0 bridgehead atoms. The summed E-state index contributed by atoms with van der Waals surface area (Å²) >= 11 is 0. The highest BCUT2D eigenvalue weighted by molar-refractivity contribution is 7.89. The number of morpholine rings is 1. The Morgan fingerprint density at radius 1 is 1.00 bits per heavy atom. The lowest BCUT2D eigenvalue weighted by Gasteiger charge is -2.26. The minimum atomic E-state index is -3.54. The molecular formula is C23H30N2O4S. The van der Waals surface area contributed by atoms with E-state index in [1.165, 1.54) is 22.0 Å². The fourth-order valence-corrected chi connectivity index (χ4v) is 4.87. The fraction of sp³-hybridized carbons (Fsp3) is 0.435. The number of rotatable bonds is 7. The first-order valence-corrected chi connectivity index (χ1v) is 11.8. The quantitative estimate of drug-likeness (QED) is 0.728. The average Bonchev–Trinajstić information content (AvgIpc) is 2.74. The van der Waals surface area contributed by atoms with E-state index in [9.17, 15) is 13.2 Å². The van der Waals surface area contributed by atoms with Crippen LogP contribution in [0.1, 0.15) is 37.8 Å². The number of sulfonamides is 1. The van der Waals surface area contributed by atoms with Crippen molar-refractivity contribution in [2.24, 2.45) is 5.92 Å². The number of hydrogen-bond donors (Lipinski definition) is 1. The molecule has 1 aliphatic rings. The van der Waals surface area contributed by atoms with Crippen LogP contribution in [0.4, 0.5) is 5.69 Å². The lowest BCUT2D eigenvalue weighted by Crippen LogP contribution is -2.40. The van der Waals surface area contributed by atoms with Gasteiger partial charge in [0.1, 0.15) is 0 Å². The van der Waals surface area contributed by atoms with Crippen LogP contribution in [0.15, 0.2) is 53.4 Å². The molecule has 6 nitrogen and oxygen atoms in total. The van der Waals surface area contributed by atoms with Gasteiger partial charge in [-0.3, -0.25) is 4.79 Å². The van der Waals surface area contributed by atoms with E-state index in [1.54, 1.807) is 12.1 Å². The molecule has 0 radical (unpaired) electrons. The Labute approximate surface area is 179 Å². The number of benzene rings is 2. The van der Waals surface area contributed by atoms with Crippen molar-refractivity contribution in [3.8, 4) is 0 Å². The van der Waals surface area contributed by atoms with E-state index >= 15 is 0 Å². The molecule has 2 aromatic carbocycles. The molecule has 0 saturated carbocycles. The zero-order chi connectivity index (χ0) is 21.7. The van der Waals surface area contributed by atoms with Crippen LogP contribution in [0.25, 0.3) is 0 Å². The van der Waals surface area contributed by atoms with Gasteiger partial charge in [-0.2, -0.15) is 4.31 Å². The van der Waals surface area contributed by atoms with Crippen molar-refractivity contribution >= 4 is 21.6 Å². The molecule has 1 saturated heterocycles. The molecule has 0 aliphatic carbocycles. The maximum absolute atomic E-state index is 12.7. The number of carbonyl (C=O) groups is 1. The lowest BCUT2D eigenvalue weighted by atomic mass is 9.96.